The van der Waals surface area contributed by atoms with Gasteiger partial charge in [0, 0.05) is 18.2 Å². The van der Waals surface area contributed by atoms with Crippen molar-refractivity contribution in [3.05, 3.63) is 35.6 Å². The maximum Gasteiger partial charge on any atom is 0.224 e. The van der Waals surface area contributed by atoms with Crippen LogP contribution in [0.4, 0.5) is 4.39 Å². The molecule has 0 aromatic heterocycles. The van der Waals surface area contributed by atoms with Gasteiger partial charge in [0.05, 0.1) is 12.5 Å². The molecule has 2 heterocycles. The first-order valence-electron chi connectivity index (χ1n) is 6.95. The lowest BCUT2D eigenvalue weighted by molar-refractivity contribution is -0.124. The van der Waals surface area contributed by atoms with Crippen molar-refractivity contribution >= 4 is 11.7 Å². The first kappa shape index (κ1) is 13.2. The minimum Gasteiger partial charge on any atom is -0.354 e. The van der Waals surface area contributed by atoms with E-state index in [2.05, 4.69) is 10.2 Å². The molecule has 0 radical (unpaired) electrons. The number of ketones is 1. The third kappa shape index (κ3) is 2.45. The largest absolute Gasteiger partial charge is 0.354 e. The van der Waals surface area contributed by atoms with E-state index < -0.39 is 0 Å². The number of Topliss-reactive ketones (excluding diaryl/α,β-unsaturated/α-hetero) is 1. The smallest absolute Gasteiger partial charge is 0.224 e. The van der Waals surface area contributed by atoms with E-state index in [0.29, 0.717) is 18.7 Å². The normalized spacial score (nSPS) is 26.1. The first-order valence-corrected chi connectivity index (χ1v) is 6.95. The van der Waals surface area contributed by atoms with Crippen LogP contribution in [0.3, 0.4) is 0 Å². The topological polar surface area (TPSA) is 49.4 Å². The van der Waals surface area contributed by atoms with Gasteiger partial charge in [-0.1, -0.05) is 0 Å². The second-order valence-electron chi connectivity index (χ2n) is 5.46. The molecule has 2 atom stereocenters. The van der Waals surface area contributed by atoms with E-state index in [9.17, 15) is 14.0 Å². The molecule has 2 fully saturated rings. The highest BCUT2D eigenvalue weighted by atomic mass is 19.1. The lowest BCUT2D eigenvalue weighted by atomic mass is 9.91. The lowest BCUT2D eigenvalue weighted by Crippen LogP contribution is -2.47. The number of carbonyl (C=O) groups excluding carboxylic acids is 2. The van der Waals surface area contributed by atoms with E-state index in [4.69, 9.17) is 0 Å². The van der Waals surface area contributed by atoms with Crippen LogP contribution in [0.5, 0.6) is 0 Å². The molecule has 2 saturated heterocycles. The number of piperidine rings is 1. The molecule has 4 nitrogen and oxygen atoms in total. The van der Waals surface area contributed by atoms with Gasteiger partial charge >= 0.3 is 0 Å². The number of fused-ring (bicyclic) bond motifs is 1. The fraction of sp³-hybridized carbons (Fsp3) is 0.467. The third-order valence-electron chi connectivity index (χ3n) is 4.23. The Hall–Kier alpha value is -1.75. The SMILES string of the molecule is O=C(CN1CCCC2C(=O)NCC21)c1ccc(F)cc1. The number of rotatable bonds is 3. The molecule has 1 N–H and O–H groups in total. The summed E-state index contributed by atoms with van der Waals surface area (Å²) in [6.45, 7) is 1.75. The summed E-state index contributed by atoms with van der Waals surface area (Å²) in [5.74, 6) is -0.242. The van der Waals surface area contributed by atoms with Gasteiger partial charge in [0.15, 0.2) is 5.78 Å². The zero-order valence-corrected chi connectivity index (χ0v) is 11.1. The standard InChI is InChI=1S/C15H17FN2O2/c16-11-5-3-10(4-6-11)14(19)9-18-7-1-2-12-13(18)8-17-15(12)20/h3-6,12-13H,1-2,7-9H2,(H,17,20). The highest BCUT2D eigenvalue weighted by Gasteiger charge is 2.41. The number of likely N-dealkylation sites (tertiary alicyclic amines) is 1. The van der Waals surface area contributed by atoms with Crippen molar-refractivity contribution in [2.24, 2.45) is 5.92 Å². The van der Waals surface area contributed by atoms with Crippen LogP contribution in [-0.2, 0) is 4.79 Å². The van der Waals surface area contributed by atoms with Gasteiger partial charge in [-0.05, 0) is 43.7 Å². The summed E-state index contributed by atoms with van der Waals surface area (Å²) in [7, 11) is 0. The molecule has 1 aromatic rings. The molecule has 1 aromatic carbocycles. The highest BCUT2D eigenvalue weighted by molar-refractivity contribution is 5.97. The predicted molar refractivity (Wildman–Crippen MR) is 71.8 cm³/mol. The fourth-order valence-corrected chi connectivity index (χ4v) is 3.15. The van der Waals surface area contributed by atoms with Gasteiger partial charge in [-0.25, -0.2) is 4.39 Å². The summed E-state index contributed by atoms with van der Waals surface area (Å²) >= 11 is 0. The van der Waals surface area contributed by atoms with Gasteiger partial charge in [0.25, 0.3) is 0 Å². The Labute approximate surface area is 117 Å². The van der Waals surface area contributed by atoms with E-state index in [1.807, 2.05) is 0 Å². The Bertz CT molecular complexity index is 529. The van der Waals surface area contributed by atoms with Crippen LogP contribution < -0.4 is 5.32 Å². The average molecular weight is 276 g/mol. The summed E-state index contributed by atoms with van der Waals surface area (Å²) in [6, 6.07) is 5.74. The minimum absolute atomic E-state index is 0.0183. The number of hydrogen-bond acceptors (Lipinski definition) is 3. The summed E-state index contributed by atoms with van der Waals surface area (Å²) in [4.78, 5) is 26.0. The molecule has 3 rings (SSSR count). The van der Waals surface area contributed by atoms with E-state index in [0.717, 1.165) is 19.4 Å². The molecule has 0 aliphatic carbocycles. The molecular formula is C15H17FN2O2. The first-order chi connectivity index (χ1) is 9.65. The molecular weight excluding hydrogens is 259 g/mol. The number of hydrogen-bond donors (Lipinski definition) is 1. The molecule has 106 valence electrons. The molecule has 0 spiro atoms. The van der Waals surface area contributed by atoms with E-state index in [1.54, 1.807) is 0 Å². The Morgan fingerprint density at radius 1 is 1.35 bits per heavy atom. The van der Waals surface area contributed by atoms with Gasteiger partial charge in [0.2, 0.25) is 5.91 Å². The molecule has 1 amide bonds. The van der Waals surface area contributed by atoms with Crippen LogP contribution in [0, 0.1) is 11.7 Å². The molecule has 0 saturated carbocycles. The van der Waals surface area contributed by atoms with Crippen LogP contribution in [0.25, 0.3) is 0 Å². The van der Waals surface area contributed by atoms with Gasteiger partial charge < -0.3 is 5.32 Å². The molecule has 2 unspecified atom stereocenters. The van der Waals surface area contributed by atoms with Crippen LogP contribution in [-0.4, -0.2) is 42.3 Å². The van der Waals surface area contributed by atoms with Crippen molar-refractivity contribution in [3.63, 3.8) is 0 Å². The van der Waals surface area contributed by atoms with Crippen LogP contribution in [0.1, 0.15) is 23.2 Å². The number of nitrogens with one attached hydrogen (secondary N) is 1. The van der Waals surface area contributed by atoms with Crippen molar-refractivity contribution in [3.8, 4) is 0 Å². The quantitative estimate of drug-likeness (QED) is 0.845. The van der Waals surface area contributed by atoms with Gasteiger partial charge in [-0.2, -0.15) is 0 Å². The lowest BCUT2D eigenvalue weighted by Gasteiger charge is -2.35. The van der Waals surface area contributed by atoms with Crippen molar-refractivity contribution in [1.29, 1.82) is 0 Å². The summed E-state index contributed by atoms with van der Waals surface area (Å²) in [5.41, 5.74) is 0.519. The van der Waals surface area contributed by atoms with E-state index >= 15 is 0 Å². The number of halogens is 1. The second kappa shape index (κ2) is 5.32. The number of benzene rings is 1. The number of carbonyl (C=O) groups is 2. The van der Waals surface area contributed by atoms with Gasteiger partial charge in [-0.3, -0.25) is 14.5 Å². The van der Waals surface area contributed by atoms with E-state index in [-0.39, 0.29) is 29.5 Å². The molecule has 2 aliphatic rings. The maximum atomic E-state index is 12.9. The monoisotopic (exact) mass is 276 g/mol. The van der Waals surface area contributed by atoms with Crippen LogP contribution in [0.2, 0.25) is 0 Å². The highest BCUT2D eigenvalue weighted by Crippen LogP contribution is 2.27. The van der Waals surface area contributed by atoms with Crippen molar-refractivity contribution in [2.75, 3.05) is 19.6 Å². The molecule has 2 aliphatic heterocycles. The Kier molecular flexibility index (Phi) is 3.53. The Balaban J connectivity index is 1.69. The van der Waals surface area contributed by atoms with Crippen LogP contribution in [0.15, 0.2) is 24.3 Å². The Morgan fingerprint density at radius 2 is 2.10 bits per heavy atom. The predicted octanol–water partition coefficient (Wildman–Crippen LogP) is 1.22. The second-order valence-corrected chi connectivity index (χ2v) is 5.46. The summed E-state index contributed by atoms with van der Waals surface area (Å²) in [6.07, 6.45) is 1.84. The fourth-order valence-electron chi connectivity index (χ4n) is 3.15. The maximum absolute atomic E-state index is 12.9. The average Bonchev–Trinajstić information content (AvgIpc) is 2.82. The number of nitrogens with zero attached hydrogens (tertiary/aromatic N) is 1. The van der Waals surface area contributed by atoms with Crippen molar-refractivity contribution in [1.82, 2.24) is 10.2 Å². The van der Waals surface area contributed by atoms with Crippen molar-refractivity contribution < 1.29 is 14.0 Å². The van der Waals surface area contributed by atoms with E-state index in [1.165, 1.54) is 24.3 Å². The number of amides is 1. The Morgan fingerprint density at radius 3 is 2.85 bits per heavy atom. The molecule has 5 heteroatoms. The van der Waals surface area contributed by atoms with Crippen molar-refractivity contribution in [2.45, 2.75) is 18.9 Å². The van der Waals surface area contributed by atoms with Gasteiger partial charge in [-0.15, -0.1) is 0 Å². The zero-order valence-electron chi connectivity index (χ0n) is 11.1. The zero-order chi connectivity index (χ0) is 14.1. The molecule has 0 bridgehead atoms. The van der Waals surface area contributed by atoms with Crippen LogP contribution >= 0.6 is 0 Å². The third-order valence-corrected chi connectivity index (χ3v) is 4.23. The molecule has 20 heavy (non-hydrogen) atoms. The summed E-state index contributed by atoms with van der Waals surface area (Å²) < 4.78 is 12.9. The summed E-state index contributed by atoms with van der Waals surface area (Å²) in [5, 5.41) is 2.87. The minimum atomic E-state index is -0.342. The van der Waals surface area contributed by atoms with Gasteiger partial charge in [0.1, 0.15) is 5.82 Å².